The Morgan fingerprint density at radius 3 is 2.95 bits per heavy atom. The maximum absolute atomic E-state index is 5.01. The lowest BCUT2D eigenvalue weighted by atomic mass is 10.2. The molecule has 0 atom stereocenters. The van der Waals surface area contributed by atoms with Gasteiger partial charge in [0.2, 0.25) is 0 Å². The quantitative estimate of drug-likeness (QED) is 0.741. The summed E-state index contributed by atoms with van der Waals surface area (Å²) in [4.78, 5) is 4.43. The van der Waals surface area contributed by atoms with Gasteiger partial charge in [-0.05, 0) is 50.6 Å². The molecule has 0 spiro atoms. The van der Waals surface area contributed by atoms with E-state index in [0.29, 0.717) is 0 Å². The summed E-state index contributed by atoms with van der Waals surface area (Å²) in [7, 11) is 1.74. The zero-order chi connectivity index (χ0) is 13.5. The third-order valence-corrected chi connectivity index (χ3v) is 3.23. The summed E-state index contributed by atoms with van der Waals surface area (Å²) < 4.78 is 7.25. The van der Waals surface area contributed by atoms with Crippen LogP contribution in [0.4, 0.5) is 0 Å². The molecule has 0 aliphatic carbocycles. The molecule has 0 saturated carbocycles. The van der Waals surface area contributed by atoms with Crippen LogP contribution >= 0.6 is 0 Å². The van der Waals surface area contributed by atoms with E-state index in [1.54, 1.807) is 7.11 Å². The predicted molar refractivity (Wildman–Crippen MR) is 78.4 cm³/mol. The molecule has 0 bridgehead atoms. The van der Waals surface area contributed by atoms with Gasteiger partial charge in [-0.1, -0.05) is 6.07 Å². The third-order valence-electron chi connectivity index (χ3n) is 3.23. The lowest BCUT2D eigenvalue weighted by molar-refractivity contribution is 0.194. The molecule has 4 heteroatoms. The van der Waals surface area contributed by atoms with E-state index in [-0.39, 0.29) is 0 Å². The van der Waals surface area contributed by atoms with Crippen molar-refractivity contribution < 1.29 is 4.74 Å². The zero-order valence-corrected chi connectivity index (χ0v) is 11.9. The summed E-state index contributed by atoms with van der Waals surface area (Å²) in [5, 5.41) is 3.43. The molecule has 0 radical (unpaired) electrons. The van der Waals surface area contributed by atoms with Crippen LogP contribution in [0, 0.1) is 6.92 Å². The van der Waals surface area contributed by atoms with E-state index in [9.17, 15) is 0 Å². The second kappa shape index (κ2) is 7.26. The van der Waals surface area contributed by atoms with Gasteiger partial charge >= 0.3 is 0 Å². The number of aryl methyl sites for hydroxylation is 2. The number of ether oxygens (including phenoxy) is 1. The van der Waals surface area contributed by atoms with Crippen LogP contribution in [0.2, 0.25) is 0 Å². The number of fused-ring (bicyclic) bond motifs is 1. The van der Waals surface area contributed by atoms with Crippen molar-refractivity contribution in [1.29, 1.82) is 0 Å². The SMILES string of the molecule is COCCCNCCCn1cnc2ccc(C)cc21. The highest BCUT2D eigenvalue weighted by atomic mass is 16.5. The minimum absolute atomic E-state index is 0.832. The van der Waals surface area contributed by atoms with Crippen LogP contribution in [0.15, 0.2) is 24.5 Å². The van der Waals surface area contributed by atoms with E-state index in [1.807, 2.05) is 6.33 Å². The average Bonchev–Trinajstić information content (AvgIpc) is 2.80. The molecule has 0 amide bonds. The average molecular weight is 261 g/mol. The number of nitrogens with zero attached hydrogens (tertiary/aromatic N) is 2. The second-order valence-corrected chi connectivity index (χ2v) is 4.88. The van der Waals surface area contributed by atoms with Gasteiger partial charge in [-0.25, -0.2) is 4.98 Å². The van der Waals surface area contributed by atoms with Gasteiger partial charge in [0.25, 0.3) is 0 Å². The Kier molecular flexibility index (Phi) is 5.36. The first-order chi connectivity index (χ1) is 9.31. The van der Waals surface area contributed by atoms with Crippen LogP contribution < -0.4 is 5.32 Å². The van der Waals surface area contributed by atoms with Crippen LogP contribution in [0.25, 0.3) is 11.0 Å². The van der Waals surface area contributed by atoms with Crippen molar-refractivity contribution in [2.45, 2.75) is 26.3 Å². The molecule has 2 rings (SSSR count). The third kappa shape index (κ3) is 4.04. The number of aromatic nitrogens is 2. The molecule has 104 valence electrons. The topological polar surface area (TPSA) is 39.1 Å². The Morgan fingerprint density at radius 2 is 2.11 bits per heavy atom. The smallest absolute Gasteiger partial charge is 0.0958 e. The number of hydrogen-bond acceptors (Lipinski definition) is 3. The molecule has 1 N–H and O–H groups in total. The van der Waals surface area contributed by atoms with Crippen molar-refractivity contribution in [1.82, 2.24) is 14.9 Å². The molecule has 1 aromatic heterocycles. The molecule has 0 aliphatic heterocycles. The summed E-state index contributed by atoms with van der Waals surface area (Å²) >= 11 is 0. The number of nitrogens with one attached hydrogen (secondary N) is 1. The highest BCUT2D eigenvalue weighted by Crippen LogP contribution is 2.14. The Hall–Kier alpha value is -1.39. The van der Waals surface area contributed by atoms with Crippen molar-refractivity contribution >= 4 is 11.0 Å². The van der Waals surface area contributed by atoms with Gasteiger partial charge in [0, 0.05) is 20.3 Å². The summed E-state index contributed by atoms with van der Waals surface area (Å²) in [5.41, 5.74) is 3.60. The van der Waals surface area contributed by atoms with E-state index in [0.717, 1.165) is 44.6 Å². The molecule has 0 fully saturated rings. The fourth-order valence-electron chi connectivity index (χ4n) is 2.19. The molecule has 2 aromatic rings. The van der Waals surface area contributed by atoms with E-state index in [1.165, 1.54) is 11.1 Å². The predicted octanol–water partition coefficient (Wildman–Crippen LogP) is 2.36. The van der Waals surface area contributed by atoms with Crippen molar-refractivity contribution in [3.05, 3.63) is 30.1 Å². The van der Waals surface area contributed by atoms with Gasteiger partial charge in [0.15, 0.2) is 0 Å². The van der Waals surface area contributed by atoms with Gasteiger partial charge in [-0.2, -0.15) is 0 Å². The van der Waals surface area contributed by atoms with E-state index in [2.05, 4.69) is 40.0 Å². The number of hydrogen-bond donors (Lipinski definition) is 1. The molecular formula is C15H23N3O. The Bertz CT molecular complexity index is 507. The zero-order valence-electron chi connectivity index (χ0n) is 11.9. The highest BCUT2D eigenvalue weighted by molar-refractivity contribution is 5.75. The van der Waals surface area contributed by atoms with Gasteiger partial charge in [0.05, 0.1) is 17.4 Å². The van der Waals surface area contributed by atoms with E-state index >= 15 is 0 Å². The van der Waals surface area contributed by atoms with Crippen LogP contribution in [-0.4, -0.2) is 36.4 Å². The number of methoxy groups -OCH3 is 1. The Balaban J connectivity index is 1.77. The van der Waals surface area contributed by atoms with Crippen molar-refractivity contribution in [2.24, 2.45) is 0 Å². The van der Waals surface area contributed by atoms with Crippen molar-refractivity contribution in [3.8, 4) is 0 Å². The monoisotopic (exact) mass is 261 g/mol. The number of benzene rings is 1. The first kappa shape index (κ1) is 14.0. The lowest BCUT2D eigenvalue weighted by Gasteiger charge is -2.06. The Morgan fingerprint density at radius 1 is 1.26 bits per heavy atom. The summed E-state index contributed by atoms with van der Waals surface area (Å²) in [6.45, 7) is 6.02. The van der Waals surface area contributed by atoms with Crippen LogP contribution in [0.1, 0.15) is 18.4 Å². The molecule has 0 saturated heterocycles. The lowest BCUT2D eigenvalue weighted by Crippen LogP contribution is -2.19. The molecular weight excluding hydrogens is 238 g/mol. The summed E-state index contributed by atoms with van der Waals surface area (Å²) in [6, 6.07) is 6.40. The highest BCUT2D eigenvalue weighted by Gasteiger charge is 2.01. The van der Waals surface area contributed by atoms with Gasteiger partial charge in [0.1, 0.15) is 0 Å². The van der Waals surface area contributed by atoms with Gasteiger partial charge in [-0.3, -0.25) is 0 Å². The normalized spacial score (nSPS) is 11.3. The molecule has 0 aliphatic rings. The van der Waals surface area contributed by atoms with E-state index < -0.39 is 0 Å². The van der Waals surface area contributed by atoms with Gasteiger partial charge in [-0.15, -0.1) is 0 Å². The second-order valence-electron chi connectivity index (χ2n) is 4.88. The summed E-state index contributed by atoms with van der Waals surface area (Å²) in [6.07, 6.45) is 4.13. The van der Waals surface area contributed by atoms with Crippen LogP contribution in [-0.2, 0) is 11.3 Å². The van der Waals surface area contributed by atoms with Crippen LogP contribution in [0.5, 0.6) is 0 Å². The fraction of sp³-hybridized carbons (Fsp3) is 0.533. The Labute approximate surface area is 114 Å². The maximum atomic E-state index is 5.01. The first-order valence-electron chi connectivity index (χ1n) is 6.92. The molecule has 4 nitrogen and oxygen atoms in total. The molecule has 1 heterocycles. The van der Waals surface area contributed by atoms with Crippen molar-refractivity contribution in [2.75, 3.05) is 26.8 Å². The molecule has 1 aromatic carbocycles. The van der Waals surface area contributed by atoms with Gasteiger partial charge < -0.3 is 14.6 Å². The first-order valence-corrected chi connectivity index (χ1v) is 6.92. The standard InChI is InChI=1S/C15H23N3O/c1-13-5-6-14-15(11-13)18(12-17-14)9-3-7-16-8-4-10-19-2/h5-6,11-12,16H,3-4,7-10H2,1-2H3. The number of imidazole rings is 1. The van der Waals surface area contributed by atoms with Crippen molar-refractivity contribution in [3.63, 3.8) is 0 Å². The summed E-state index contributed by atoms with van der Waals surface area (Å²) in [5.74, 6) is 0. The number of rotatable bonds is 8. The fourth-order valence-corrected chi connectivity index (χ4v) is 2.19. The molecule has 0 unspecified atom stereocenters. The maximum Gasteiger partial charge on any atom is 0.0958 e. The minimum Gasteiger partial charge on any atom is -0.385 e. The molecule has 19 heavy (non-hydrogen) atoms. The van der Waals surface area contributed by atoms with E-state index in [4.69, 9.17) is 4.74 Å². The van der Waals surface area contributed by atoms with Crippen LogP contribution in [0.3, 0.4) is 0 Å². The largest absolute Gasteiger partial charge is 0.385 e. The minimum atomic E-state index is 0.832.